The topological polar surface area (TPSA) is 17.1 Å². The molecule has 0 aliphatic heterocycles. The zero-order valence-corrected chi connectivity index (χ0v) is 14.7. The van der Waals surface area contributed by atoms with Gasteiger partial charge in [0.25, 0.3) is 0 Å². The molecule has 0 saturated carbocycles. The van der Waals surface area contributed by atoms with Gasteiger partial charge in [0, 0.05) is 5.56 Å². The zero-order valence-electron chi connectivity index (χ0n) is 14.7. The van der Waals surface area contributed by atoms with E-state index in [1.54, 1.807) is 24.3 Å². The average Bonchev–Trinajstić information content (AvgIpc) is 2.72. The molecule has 0 aromatic heterocycles. The highest BCUT2D eigenvalue weighted by molar-refractivity contribution is 6.00. The Morgan fingerprint density at radius 2 is 1.39 bits per heavy atom. The summed E-state index contributed by atoms with van der Waals surface area (Å²) >= 11 is 0. The van der Waals surface area contributed by atoms with E-state index in [0.717, 1.165) is 34.3 Å². The van der Waals surface area contributed by atoms with Crippen LogP contribution in [0.4, 0.5) is 13.2 Å². The van der Waals surface area contributed by atoms with Crippen LogP contribution in [-0.4, -0.2) is 6.29 Å². The number of halogens is 3. The minimum absolute atomic E-state index is 0.505. The Hall–Kier alpha value is -3.40. The quantitative estimate of drug-likeness (QED) is 0.352. The minimum Gasteiger partial charge on any atom is -0.298 e. The molecule has 0 bridgehead atoms. The lowest BCUT2D eigenvalue weighted by Crippen LogP contribution is -2.05. The molecule has 0 fully saturated rings. The maximum atomic E-state index is 13.4. The molecular formula is C24H15F3O. The Morgan fingerprint density at radius 1 is 0.679 bits per heavy atom. The van der Waals surface area contributed by atoms with Gasteiger partial charge in [0.1, 0.15) is 6.29 Å². The Bertz CT molecular complexity index is 1150. The summed E-state index contributed by atoms with van der Waals surface area (Å²) in [5.74, 6) is 0. The molecule has 0 spiro atoms. The predicted molar refractivity (Wildman–Crippen MR) is 105 cm³/mol. The highest BCUT2D eigenvalue weighted by atomic mass is 19.4. The van der Waals surface area contributed by atoms with E-state index in [1.165, 1.54) is 12.1 Å². The standard InChI is InChI=1S/C24H15F3O/c25-24(26,27)19-12-13-21(18-10-8-16(15-28)9-11-18)23(14-19)22-7-3-5-17-4-1-2-6-20(17)22/h1-15H. The van der Waals surface area contributed by atoms with Crippen LogP contribution in [0.5, 0.6) is 0 Å². The van der Waals surface area contributed by atoms with Crippen LogP contribution in [0, 0.1) is 0 Å². The van der Waals surface area contributed by atoms with Gasteiger partial charge < -0.3 is 0 Å². The lowest BCUT2D eigenvalue weighted by molar-refractivity contribution is -0.137. The average molecular weight is 376 g/mol. The van der Waals surface area contributed by atoms with Crippen molar-refractivity contribution in [2.45, 2.75) is 6.18 Å². The molecule has 0 aliphatic rings. The predicted octanol–water partition coefficient (Wildman–Crippen LogP) is 7.01. The Morgan fingerprint density at radius 3 is 2.11 bits per heavy atom. The molecule has 4 aromatic rings. The van der Waals surface area contributed by atoms with Crippen LogP contribution in [0.2, 0.25) is 0 Å². The molecular weight excluding hydrogens is 361 g/mol. The number of hydrogen-bond donors (Lipinski definition) is 0. The summed E-state index contributed by atoms with van der Waals surface area (Å²) in [6.07, 6.45) is -3.69. The number of alkyl halides is 3. The molecule has 0 saturated heterocycles. The first-order chi connectivity index (χ1) is 13.5. The van der Waals surface area contributed by atoms with E-state index in [9.17, 15) is 18.0 Å². The highest BCUT2D eigenvalue weighted by Crippen LogP contribution is 2.40. The van der Waals surface area contributed by atoms with Gasteiger partial charge in [0.05, 0.1) is 5.56 Å². The number of hydrogen-bond acceptors (Lipinski definition) is 1. The molecule has 0 amide bonds. The van der Waals surface area contributed by atoms with Gasteiger partial charge in [-0.2, -0.15) is 13.2 Å². The van der Waals surface area contributed by atoms with E-state index in [2.05, 4.69) is 0 Å². The van der Waals surface area contributed by atoms with Gasteiger partial charge in [-0.15, -0.1) is 0 Å². The fourth-order valence-electron chi connectivity index (χ4n) is 3.40. The summed E-state index contributed by atoms with van der Waals surface area (Å²) in [5, 5.41) is 1.84. The van der Waals surface area contributed by atoms with Gasteiger partial charge in [-0.1, -0.05) is 72.8 Å². The second-order valence-corrected chi connectivity index (χ2v) is 6.52. The third-order valence-corrected chi connectivity index (χ3v) is 4.78. The second-order valence-electron chi connectivity index (χ2n) is 6.52. The molecule has 1 nitrogen and oxygen atoms in total. The maximum Gasteiger partial charge on any atom is 0.416 e. The van der Waals surface area contributed by atoms with Crippen LogP contribution in [-0.2, 0) is 6.18 Å². The maximum absolute atomic E-state index is 13.4. The summed E-state index contributed by atoms with van der Waals surface area (Å²) in [6.45, 7) is 0. The van der Waals surface area contributed by atoms with Crippen LogP contribution in [0.1, 0.15) is 15.9 Å². The Balaban J connectivity index is 2.00. The smallest absolute Gasteiger partial charge is 0.298 e. The molecule has 0 aliphatic carbocycles. The van der Waals surface area contributed by atoms with Crippen LogP contribution < -0.4 is 0 Å². The Labute approximate surface area is 160 Å². The number of benzene rings is 4. The van der Waals surface area contributed by atoms with Crippen LogP contribution in [0.25, 0.3) is 33.0 Å². The molecule has 4 aromatic carbocycles. The van der Waals surface area contributed by atoms with Crippen molar-refractivity contribution in [3.05, 3.63) is 96.1 Å². The SMILES string of the molecule is O=Cc1ccc(-c2ccc(C(F)(F)F)cc2-c2cccc3ccccc23)cc1. The largest absolute Gasteiger partial charge is 0.416 e. The lowest BCUT2D eigenvalue weighted by atomic mass is 9.90. The van der Waals surface area contributed by atoms with Crippen molar-refractivity contribution in [2.75, 3.05) is 0 Å². The first kappa shape index (κ1) is 18.0. The summed E-state index contributed by atoms with van der Waals surface area (Å²) in [6, 6.07) is 23.8. The van der Waals surface area contributed by atoms with E-state index in [4.69, 9.17) is 0 Å². The first-order valence-corrected chi connectivity index (χ1v) is 8.72. The molecule has 0 atom stereocenters. The summed E-state index contributed by atoms with van der Waals surface area (Å²) in [4.78, 5) is 10.9. The highest BCUT2D eigenvalue weighted by Gasteiger charge is 2.31. The van der Waals surface area contributed by atoms with Crippen LogP contribution in [0.3, 0.4) is 0 Å². The van der Waals surface area contributed by atoms with Gasteiger partial charge >= 0.3 is 6.18 Å². The molecule has 0 unspecified atom stereocenters. The molecule has 0 N–H and O–H groups in total. The number of aldehydes is 1. The van der Waals surface area contributed by atoms with Crippen molar-refractivity contribution < 1.29 is 18.0 Å². The van der Waals surface area contributed by atoms with Crippen molar-refractivity contribution in [2.24, 2.45) is 0 Å². The van der Waals surface area contributed by atoms with Gasteiger partial charge in [0.2, 0.25) is 0 Å². The molecule has 28 heavy (non-hydrogen) atoms. The number of rotatable bonds is 3. The summed E-state index contributed by atoms with van der Waals surface area (Å²) < 4.78 is 40.2. The molecule has 0 radical (unpaired) electrons. The third kappa shape index (κ3) is 3.29. The third-order valence-electron chi connectivity index (χ3n) is 4.78. The number of fused-ring (bicyclic) bond motifs is 1. The van der Waals surface area contributed by atoms with Gasteiger partial charge in [-0.05, 0) is 45.2 Å². The van der Waals surface area contributed by atoms with E-state index in [-0.39, 0.29) is 0 Å². The molecule has 0 heterocycles. The molecule has 4 heteroatoms. The minimum atomic E-state index is -4.43. The normalized spacial score (nSPS) is 11.5. The summed E-state index contributed by atoms with van der Waals surface area (Å²) in [5.41, 5.74) is 2.50. The fraction of sp³-hybridized carbons (Fsp3) is 0.0417. The second kappa shape index (κ2) is 6.97. The van der Waals surface area contributed by atoms with Crippen LogP contribution in [0.15, 0.2) is 84.9 Å². The molecule has 138 valence electrons. The van der Waals surface area contributed by atoms with Crippen molar-refractivity contribution in [3.8, 4) is 22.3 Å². The van der Waals surface area contributed by atoms with Gasteiger partial charge in [-0.3, -0.25) is 4.79 Å². The first-order valence-electron chi connectivity index (χ1n) is 8.72. The van der Waals surface area contributed by atoms with Crippen molar-refractivity contribution >= 4 is 17.1 Å². The number of carbonyl (C=O) groups is 1. The van der Waals surface area contributed by atoms with E-state index >= 15 is 0 Å². The summed E-state index contributed by atoms with van der Waals surface area (Å²) in [7, 11) is 0. The Kier molecular flexibility index (Phi) is 4.47. The zero-order chi connectivity index (χ0) is 19.7. The van der Waals surface area contributed by atoms with Crippen molar-refractivity contribution in [1.29, 1.82) is 0 Å². The van der Waals surface area contributed by atoms with Crippen molar-refractivity contribution in [1.82, 2.24) is 0 Å². The van der Waals surface area contributed by atoms with E-state index in [0.29, 0.717) is 16.7 Å². The van der Waals surface area contributed by atoms with E-state index in [1.807, 2.05) is 42.5 Å². The fourth-order valence-corrected chi connectivity index (χ4v) is 3.40. The van der Waals surface area contributed by atoms with Gasteiger partial charge in [0.15, 0.2) is 0 Å². The van der Waals surface area contributed by atoms with Gasteiger partial charge in [-0.25, -0.2) is 0 Å². The molecule has 4 rings (SSSR count). The van der Waals surface area contributed by atoms with Crippen LogP contribution >= 0.6 is 0 Å². The van der Waals surface area contributed by atoms with E-state index < -0.39 is 11.7 Å². The lowest BCUT2D eigenvalue weighted by Gasteiger charge is -2.16. The number of carbonyl (C=O) groups excluding carboxylic acids is 1. The van der Waals surface area contributed by atoms with Crippen molar-refractivity contribution in [3.63, 3.8) is 0 Å². The monoisotopic (exact) mass is 376 g/mol.